The number of nitrogens with zero attached hydrogens (tertiary/aromatic N) is 1. The zero-order valence-corrected chi connectivity index (χ0v) is 15.8. The second-order valence-electron chi connectivity index (χ2n) is 6.50. The van der Waals surface area contributed by atoms with Gasteiger partial charge in [-0.25, -0.2) is 9.36 Å². The van der Waals surface area contributed by atoms with Crippen molar-refractivity contribution < 1.29 is 41.9 Å². The van der Waals surface area contributed by atoms with E-state index in [0.717, 1.165) is 35.0 Å². The average molecular weight is 452 g/mol. The van der Waals surface area contributed by atoms with Crippen molar-refractivity contribution in [2.24, 2.45) is 0 Å². The van der Waals surface area contributed by atoms with Gasteiger partial charge in [-0.05, 0) is 17.7 Å². The molecule has 1 saturated heterocycles. The number of aliphatic hydroxyl groups excluding tert-OH is 1. The Bertz CT molecular complexity index is 1080. The molecule has 0 aliphatic carbocycles. The Labute approximate surface area is 165 Å². The summed E-state index contributed by atoms with van der Waals surface area (Å²) in [5.74, 6) is 0. The lowest BCUT2D eigenvalue weighted by atomic mass is 10.1. The van der Waals surface area contributed by atoms with Crippen LogP contribution in [0.2, 0.25) is 0 Å². The Kier molecular flexibility index (Phi) is 6.05. The predicted molar refractivity (Wildman–Crippen MR) is 94.3 cm³/mol. The molecule has 10 nitrogen and oxygen atoms in total. The maximum absolute atomic E-state index is 12.7. The van der Waals surface area contributed by atoms with Gasteiger partial charge in [0.05, 0.1) is 23.8 Å². The molecular formula is C16H16F3N2O8P. The van der Waals surface area contributed by atoms with Crippen LogP contribution < -0.4 is 11.2 Å². The Morgan fingerprint density at radius 1 is 1.23 bits per heavy atom. The number of aromatic amines is 1. The van der Waals surface area contributed by atoms with Crippen molar-refractivity contribution >= 4 is 7.82 Å². The smallest absolute Gasteiger partial charge is 0.390 e. The predicted octanol–water partition coefficient (Wildman–Crippen LogP) is 0.980. The lowest BCUT2D eigenvalue weighted by Crippen LogP contribution is -2.33. The van der Waals surface area contributed by atoms with Crippen LogP contribution in [0.25, 0.3) is 11.1 Å². The van der Waals surface area contributed by atoms with Gasteiger partial charge in [-0.15, -0.1) is 0 Å². The third kappa shape index (κ3) is 5.06. The van der Waals surface area contributed by atoms with Crippen LogP contribution in [0, 0.1) is 0 Å². The molecule has 0 saturated carbocycles. The molecule has 2 aromatic rings. The highest BCUT2D eigenvalue weighted by atomic mass is 31.2. The lowest BCUT2D eigenvalue weighted by Gasteiger charge is -2.17. The number of rotatable bonds is 5. The van der Waals surface area contributed by atoms with Gasteiger partial charge in [0.15, 0.2) is 0 Å². The molecule has 1 aromatic heterocycles. The van der Waals surface area contributed by atoms with E-state index in [1.165, 1.54) is 0 Å². The summed E-state index contributed by atoms with van der Waals surface area (Å²) in [4.78, 5) is 43.8. The molecule has 164 valence electrons. The number of hydrogen-bond donors (Lipinski definition) is 4. The summed E-state index contributed by atoms with van der Waals surface area (Å²) in [6.45, 7) is -0.647. The molecule has 0 spiro atoms. The van der Waals surface area contributed by atoms with Gasteiger partial charge in [0.2, 0.25) is 0 Å². The van der Waals surface area contributed by atoms with Crippen LogP contribution in [-0.4, -0.2) is 43.3 Å². The van der Waals surface area contributed by atoms with Crippen LogP contribution in [0.4, 0.5) is 13.2 Å². The topological polar surface area (TPSA) is 151 Å². The molecule has 0 amide bonds. The Morgan fingerprint density at radius 2 is 1.87 bits per heavy atom. The van der Waals surface area contributed by atoms with Gasteiger partial charge in [0, 0.05) is 12.6 Å². The minimum absolute atomic E-state index is 0.109. The zero-order valence-electron chi connectivity index (χ0n) is 14.9. The van der Waals surface area contributed by atoms with E-state index in [1.807, 2.05) is 4.98 Å². The number of nitrogens with one attached hydrogen (secondary N) is 1. The fourth-order valence-electron chi connectivity index (χ4n) is 2.95. The summed E-state index contributed by atoms with van der Waals surface area (Å²) in [6, 6.07) is 3.72. The molecule has 1 aliphatic rings. The third-order valence-corrected chi connectivity index (χ3v) is 4.90. The maximum Gasteiger partial charge on any atom is 0.469 e. The summed E-state index contributed by atoms with van der Waals surface area (Å²) in [6.07, 6.45) is -7.13. The Hall–Kier alpha value is -2.28. The van der Waals surface area contributed by atoms with Gasteiger partial charge < -0.3 is 19.6 Å². The third-order valence-electron chi connectivity index (χ3n) is 4.41. The standard InChI is InChI=1S/C16H16F3N2O8P/c17-16(18,19)9-3-1-8(2-4-9)10-6-21(15(24)20-14(10)23)13-5-11(22)12(29-13)7-28-30(25,26)27/h1-4,6,11-13,22H,5,7H2,(H,20,23,24)(H2,25,26,27). The van der Waals surface area contributed by atoms with Crippen molar-refractivity contribution in [2.45, 2.75) is 31.0 Å². The van der Waals surface area contributed by atoms with Crippen LogP contribution in [0.3, 0.4) is 0 Å². The SMILES string of the molecule is O=c1[nH]c(=O)n(C2CC(O)C(COP(=O)(O)O)O2)cc1-c1ccc(C(F)(F)F)cc1. The first kappa shape index (κ1) is 22.4. The van der Waals surface area contributed by atoms with Crippen molar-refractivity contribution in [3.63, 3.8) is 0 Å². The summed E-state index contributed by atoms with van der Waals surface area (Å²) in [5, 5.41) is 10.0. The fraction of sp³-hybridized carbons (Fsp3) is 0.375. The largest absolute Gasteiger partial charge is 0.469 e. The van der Waals surface area contributed by atoms with Gasteiger partial charge in [0.25, 0.3) is 5.56 Å². The first-order chi connectivity index (χ1) is 13.8. The van der Waals surface area contributed by atoms with E-state index in [-0.39, 0.29) is 17.5 Å². The summed E-state index contributed by atoms with van der Waals surface area (Å²) >= 11 is 0. The number of H-pyrrole nitrogens is 1. The molecule has 0 radical (unpaired) electrons. The number of ether oxygens (including phenoxy) is 1. The molecule has 2 heterocycles. The van der Waals surface area contributed by atoms with Gasteiger partial charge >= 0.3 is 19.7 Å². The van der Waals surface area contributed by atoms with Crippen molar-refractivity contribution in [1.82, 2.24) is 9.55 Å². The number of phosphoric acid groups is 1. The van der Waals surface area contributed by atoms with Crippen LogP contribution in [0.5, 0.6) is 0 Å². The highest BCUT2D eigenvalue weighted by molar-refractivity contribution is 7.46. The van der Waals surface area contributed by atoms with Gasteiger partial charge in [0.1, 0.15) is 12.3 Å². The highest BCUT2D eigenvalue weighted by Crippen LogP contribution is 2.38. The summed E-state index contributed by atoms with van der Waals surface area (Å²) in [7, 11) is -4.80. The van der Waals surface area contributed by atoms with Crippen LogP contribution in [-0.2, 0) is 20.0 Å². The van der Waals surface area contributed by atoms with Crippen molar-refractivity contribution in [3.05, 3.63) is 56.9 Å². The van der Waals surface area contributed by atoms with Crippen LogP contribution in [0.15, 0.2) is 40.1 Å². The van der Waals surface area contributed by atoms with Crippen molar-refractivity contribution in [2.75, 3.05) is 6.61 Å². The maximum atomic E-state index is 12.7. The van der Waals surface area contributed by atoms with E-state index in [0.29, 0.717) is 0 Å². The monoisotopic (exact) mass is 452 g/mol. The van der Waals surface area contributed by atoms with E-state index in [4.69, 9.17) is 14.5 Å². The van der Waals surface area contributed by atoms with E-state index < -0.39 is 55.9 Å². The quantitative estimate of drug-likeness (QED) is 0.490. The number of aromatic nitrogens is 2. The zero-order chi connectivity index (χ0) is 22.3. The first-order valence-electron chi connectivity index (χ1n) is 8.42. The average Bonchev–Trinajstić information content (AvgIpc) is 2.99. The molecule has 14 heteroatoms. The van der Waals surface area contributed by atoms with E-state index in [1.54, 1.807) is 0 Å². The summed E-state index contributed by atoms with van der Waals surface area (Å²) < 4.78 is 59.6. The van der Waals surface area contributed by atoms with Gasteiger partial charge in [-0.3, -0.25) is 18.9 Å². The van der Waals surface area contributed by atoms with E-state index >= 15 is 0 Å². The van der Waals surface area contributed by atoms with Gasteiger partial charge in [-0.2, -0.15) is 13.2 Å². The Balaban J connectivity index is 1.88. The van der Waals surface area contributed by atoms with Crippen LogP contribution in [0.1, 0.15) is 18.2 Å². The van der Waals surface area contributed by atoms with Gasteiger partial charge in [-0.1, -0.05) is 12.1 Å². The van der Waals surface area contributed by atoms with E-state index in [9.17, 15) is 32.4 Å². The van der Waals surface area contributed by atoms with E-state index in [2.05, 4.69) is 4.52 Å². The molecule has 3 atom stereocenters. The minimum Gasteiger partial charge on any atom is -0.390 e. The number of alkyl halides is 3. The number of halogens is 3. The fourth-order valence-corrected chi connectivity index (χ4v) is 3.29. The number of benzene rings is 1. The molecular weight excluding hydrogens is 436 g/mol. The van der Waals surface area contributed by atoms with Crippen molar-refractivity contribution in [1.29, 1.82) is 0 Å². The molecule has 1 aliphatic heterocycles. The first-order valence-corrected chi connectivity index (χ1v) is 9.95. The normalized spacial score (nSPS) is 22.4. The summed E-state index contributed by atoms with van der Waals surface area (Å²) in [5.41, 5.74) is -2.65. The number of aliphatic hydroxyl groups is 1. The number of hydrogen-bond acceptors (Lipinski definition) is 6. The molecule has 1 aromatic carbocycles. The molecule has 0 bridgehead atoms. The minimum atomic E-state index is -4.80. The highest BCUT2D eigenvalue weighted by Gasteiger charge is 2.37. The molecule has 30 heavy (non-hydrogen) atoms. The lowest BCUT2D eigenvalue weighted by molar-refractivity contribution is -0.137. The molecule has 3 unspecified atom stereocenters. The molecule has 3 rings (SSSR count). The molecule has 1 fully saturated rings. The molecule has 4 N–H and O–H groups in total. The van der Waals surface area contributed by atoms with Crippen LogP contribution >= 0.6 is 7.82 Å². The second kappa shape index (κ2) is 8.10. The Morgan fingerprint density at radius 3 is 2.43 bits per heavy atom. The number of phosphoric ester groups is 1. The van der Waals surface area contributed by atoms with Crippen molar-refractivity contribution in [3.8, 4) is 11.1 Å². The second-order valence-corrected chi connectivity index (χ2v) is 7.74.